The predicted molar refractivity (Wildman–Crippen MR) is 77.8 cm³/mol. The number of fused-ring (bicyclic) bond motifs is 1. The third-order valence-corrected chi connectivity index (χ3v) is 3.07. The van der Waals surface area contributed by atoms with Crippen LogP contribution in [0.3, 0.4) is 0 Å². The van der Waals surface area contributed by atoms with Gasteiger partial charge < -0.3 is 15.4 Å². The van der Waals surface area contributed by atoms with Crippen LogP contribution >= 0.6 is 0 Å². The highest BCUT2D eigenvalue weighted by Gasteiger charge is 2.13. The maximum Gasteiger partial charge on any atom is 0.268 e. The summed E-state index contributed by atoms with van der Waals surface area (Å²) in [6.45, 7) is 3.48. The van der Waals surface area contributed by atoms with Gasteiger partial charge in [-0.05, 0) is 37.8 Å². The molecule has 0 radical (unpaired) electrons. The van der Waals surface area contributed by atoms with Crippen LogP contribution in [0.5, 0.6) is 0 Å². The summed E-state index contributed by atoms with van der Waals surface area (Å²) >= 11 is 0. The molecular weight excluding hydrogens is 256 g/mol. The molecule has 1 aromatic carbocycles. The fourth-order valence-electron chi connectivity index (χ4n) is 2.21. The summed E-state index contributed by atoms with van der Waals surface area (Å²) in [6, 6.07) is 8.59. The number of aromatic amines is 1. The second kappa shape index (κ2) is 5.88. The van der Waals surface area contributed by atoms with Gasteiger partial charge in [0.15, 0.2) is 0 Å². The van der Waals surface area contributed by atoms with E-state index in [1.807, 2.05) is 13.0 Å². The number of aliphatic hydroxyl groups is 1. The maximum absolute atomic E-state index is 12.1. The number of carbonyl (C=O) groups excluding carboxylic acids is 1. The summed E-state index contributed by atoms with van der Waals surface area (Å²) in [4.78, 5) is 26.5. The molecule has 1 heterocycles. The number of nitrogens with one attached hydrogen (secondary N) is 2. The molecule has 0 aliphatic carbocycles. The second-order valence-electron chi connectivity index (χ2n) is 5.06. The van der Waals surface area contributed by atoms with E-state index in [1.54, 1.807) is 31.2 Å². The number of aromatic nitrogens is 1. The quantitative estimate of drug-likeness (QED) is 0.788. The van der Waals surface area contributed by atoms with E-state index in [2.05, 4.69) is 10.3 Å². The molecule has 5 nitrogen and oxygen atoms in total. The van der Waals surface area contributed by atoms with Gasteiger partial charge in [-0.2, -0.15) is 0 Å². The van der Waals surface area contributed by atoms with E-state index in [9.17, 15) is 14.7 Å². The highest BCUT2D eigenvalue weighted by molar-refractivity contribution is 5.96. The molecule has 0 saturated heterocycles. The number of H-pyrrole nitrogens is 1. The van der Waals surface area contributed by atoms with Crippen LogP contribution in [0.2, 0.25) is 0 Å². The largest absolute Gasteiger partial charge is 0.393 e. The molecule has 3 N–H and O–H groups in total. The minimum absolute atomic E-state index is 0.169. The standard InChI is InChI=1S/C15H18N2O3/c1-9(7-10(2)18)16-15(20)13-8-11-5-3-4-6-12(11)14(19)17-13/h3-6,8-10,18H,7H2,1-2H3,(H,16,20)(H,17,19). The Hall–Kier alpha value is -2.14. The van der Waals surface area contributed by atoms with Crippen molar-refractivity contribution in [1.29, 1.82) is 0 Å². The highest BCUT2D eigenvalue weighted by atomic mass is 16.3. The first kappa shape index (κ1) is 14.3. The van der Waals surface area contributed by atoms with E-state index in [0.29, 0.717) is 11.8 Å². The minimum atomic E-state index is -0.485. The second-order valence-corrected chi connectivity index (χ2v) is 5.06. The summed E-state index contributed by atoms with van der Waals surface area (Å²) in [5.74, 6) is -0.346. The Balaban J connectivity index is 2.25. The average molecular weight is 274 g/mol. The Labute approximate surface area is 116 Å². The smallest absolute Gasteiger partial charge is 0.268 e. The Kier molecular flexibility index (Phi) is 4.20. The van der Waals surface area contributed by atoms with E-state index in [1.165, 1.54) is 0 Å². The van der Waals surface area contributed by atoms with Crippen LogP contribution in [0.25, 0.3) is 10.8 Å². The molecule has 5 heteroatoms. The van der Waals surface area contributed by atoms with Crippen molar-refractivity contribution in [3.63, 3.8) is 0 Å². The lowest BCUT2D eigenvalue weighted by molar-refractivity contribution is 0.0918. The third-order valence-electron chi connectivity index (χ3n) is 3.07. The zero-order chi connectivity index (χ0) is 14.7. The summed E-state index contributed by atoms with van der Waals surface area (Å²) < 4.78 is 0. The van der Waals surface area contributed by atoms with Gasteiger partial charge in [0.05, 0.1) is 6.10 Å². The van der Waals surface area contributed by atoms with Gasteiger partial charge in [-0.15, -0.1) is 0 Å². The summed E-state index contributed by atoms with van der Waals surface area (Å²) in [6.07, 6.45) is -0.0234. The summed E-state index contributed by atoms with van der Waals surface area (Å²) in [7, 11) is 0. The van der Waals surface area contributed by atoms with E-state index in [0.717, 1.165) is 5.39 Å². The zero-order valence-corrected chi connectivity index (χ0v) is 11.5. The summed E-state index contributed by atoms with van der Waals surface area (Å²) in [5, 5.41) is 13.3. The lowest BCUT2D eigenvalue weighted by Gasteiger charge is -2.15. The number of carbonyl (C=O) groups is 1. The van der Waals surface area contributed by atoms with Crippen molar-refractivity contribution in [3.8, 4) is 0 Å². The van der Waals surface area contributed by atoms with Crippen LogP contribution < -0.4 is 10.9 Å². The monoisotopic (exact) mass is 274 g/mol. The Morgan fingerprint density at radius 2 is 2.05 bits per heavy atom. The molecule has 0 fully saturated rings. The molecule has 0 spiro atoms. The molecule has 0 aliphatic heterocycles. The van der Waals surface area contributed by atoms with Gasteiger partial charge in [-0.25, -0.2) is 0 Å². The third kappa shape index (κ3) is 3.24. The average Bonchev–Trinajstić information content (AvgIpc) is 2.37. The van der Waals surface area contributed by atoms with Crippen LogP contribution in [0.4, 0.5) is 0 Å². The van der Waals surface area contributed by atoms with Gasteiger partial charge in [0, 0.05) is 11.4 Å². The van der Waals surface area contributed by atoms with Crippen molar-refractivity contribution in [3.05, 3.63) is 46.4 Å². The molecule has 1 aromatic heterocycles. The highest BCUT2D eigenvalue weighted by Crippen LogP contribution is 2.10. The fraction of sp³-hybridized carbons (Fsp3) is 0.333. The molecule has 1 amide bonds. The van der Waals surface area contributed by atoms with Crippen LogP contribution in [0.1, 0.15) is 30.8 Å². The van der Waals surface area contributed by atoms with Crippen LogP contribution in [-0.2, 0) is 0 Å². The molecule has 106 valence electrons. The van der Waals surface area contributed by atoms with Crippen molar-refractivity contribution in [2.45, 2.75) is 32.4 Å². The topological polar surface area (TPSA) is 82.2 Å². The summed E-state index contributed by atoms with van der Waals surface area (Å²) in [5.41, 5.74) is -0.0532. The van der Waals surface area contributed by atoms with Crippen LogP contribution in [0.15, 0.2) is 35.1 Å². The van der Waals surface area contributed by atoms with Gasteiger partial charge in [0.2, 0.25) is 0 Å². The minimum Gasteiger partial charge on any atom is -0.393 e. The first-order chi connectivity index (χ1) is 9.47. The van der Waals surface area contributed by atoms with E-state index in [-0.39, 0.29) is 23.2 Å². The van der Waals surface area contributed by atoms with Crippen molar-refractivity contribution in [2.24, 2.45) is 0 Å². The van der Waals surface area contributed by atoms with Gasteiger partial charge >= 0.3 is 0 Å². The number of amides is 1. The lowest BCUT2D eigenvalue weighted by atomic mass is 10.1. The SMILES string of the molecule is CC(O)CC(C)NC(=O)c1cc2ccccc2c(=O)[nH]1. The zero-order valence-electron chi connectivity index (χ0n) is 11.5. The Bertz CT molecular complexity index is 676. The van der Waals surface area contributed by atoms with Crippen molar-refractivity contribution in [2.75, 3.05) is 0 Å². The molecule has 0 saturated carbocycles. The van der Waals surface area contributed by atoms with Gasteiger partial charge in [-0.3, -0.25) is 9.59 Å². The Morgan fingerprint density at radius 3 is 2.75 bits per heavy atom. The normalized spacial score (nSPS) is 13.9. The van der Waals surface area contributed by atoms with E-state index >= 15 is 0 Å². The molecule has 2 atom stereocenters. The lowest BCUT2D eigenvalue weighted by Crippen LogP contribution is -2.35. The number of hydrogen-bond acceptors (Lipinski definition) is 3. The van der Waals surface area contributed by atoms with Gasteiger partial charge in [0.25, 0.3) is 11.5 Å². The van der Waals surface area contributed by atoms with Crippen LogP contribution in [-0.4, -0.2) is 28.1 Å². The first-order valence-electron chi connectivity index (χ1n) is 6.58. The van der Waals surface area contributed by atoms with Crippen LogP contribution in [0, 0.1) is 0 Å². The number of benzene rings is 1. The number of aliphatic hydroxyl groups excluding tert-OH is 1. The molecular formula is C15H18N2O3. The fourth-order valence-corrected chi connectivity index (χ4v) is 2.21. The Morgan fingerprint density at radius 1 is 1.35 bits per heavy atom. The van der Waals surface area contributed by atoms with Gasteiger partial charge in [0.1, 0.15) is 5.69 Å². The van der Waals surface area contributed by atoms with Crippen molar-refractivity contribution >= 4 is 16.7 Å². The number of pyridine rings is 1. The number of hydrogen-bond donors (Lipinski definition) is 3. The molecule has 20 heavy (non-hydrogen) atoms. The molecule has 2 rings (SSSR count). The predicted octanol–water partition coefficient (Wildman–Crippen LogP) is 1.42. The molecule has 2 unspecified atom stereocenters. The maximum atomic E-state index is 12.1. The van der Waals surface area contributed by atoms with E-state index in [4.69, 9.17) is 0 Å². The number of rotatable bonds is 4. The van der Waals surface area contributed by atoms with Gasteiger partial charge in [-0.1, -0.05) is 18.2 Å². The van der Waals surface area contributed by atoms with Crippen molar-refractivity contribution in [1.82, 2.24) is 10.3 Å². The van der Waals surface area contributed by atoms with Crippen molar-refractivity contribution < 1.29 is 9.90 Å². The first-order valence-corrected chi connectivity index (χ1v) is 6.58. The molecule has 0 aliphatic rings. The van der Waals surface area contributed by atoms with E-state index < -0.39 is 6.10 Å². The molecule has 0 bridgehead atoms. The molecule has 2 aromatic rings.